The lowest BCUT2D eigenvalue weighted by Crippen LogP contribution is -2.41. The van der Waals surface area contributed by atoms with E-state index in [0.717, 1.165) is 29.9 Å². The van der Waals surface area contributed by atoms with E-state index in [-0.39, 0.29) is 62.8 Å². The van der Waals surface area contributed by atoms with Crippen LogP contribution >= 0.6 is 23.2 Å². The molecule has 0 radical (unpaired) electrons. The maximum atomic E-state index is 14.8. The molecular formula is C44H45Cl2N8O7+. The Bertz CT molecular complexity index is 2610. The summed E-state index contributed by atoms with van der Waals surface area (Å²) in [6.45, 7) is 3.97. The number of pyridine rings is 3. The van der Waals surface area contributed by atoms with Gasteiger partial charge in [-0.2, -0.15) is 0 Å². The number of nitrogens with zero attached hydrogens (tertiary/aromatic N) is 7. The molecule has 316 valence electrons. The molecule has 3 aromatic heterocycles. The highest BCUT2D eigenvalue weighted by atomic mass is 35.5. The minimum Gasteiger partial charge on any atom is -0.495 e. The number of quaternary nitrogens is 1. The van der Waals surface area contributed by atoms with E-state index in [0.29, 0.717) is 65.3 Å². The molecule has 0 saturated carbocycles. The highest BCUT2D eigenvalue weighted by Crippen LogP contribution is 2.45. The Labute approximate surface area is 362 Å². The van der Waals surface area contributed by atoms with E-state index in [2.05, 4.69) is 25.2 Å². The lowest BCUT2D eigenvalue weighted by atomic mass is 10.0. The van der Waals surface area contributed by atoms with Gasteiger partial charge in [-0.15, -0.1) is 0 Å². The van der Waals surface area contributed by atoms with Gasteiger partial charge in [0, 0.05) is 55.2 Å². The molecule has 61 heavy (non-hydrogen) atoms. The van der Waals surface area contributed by atoms with Crippen molar-refractivity contribution < 1.29 is 28.4 Å². The van der Waals surface area contributed by atoms with Gasteiger partial charge in [0.1, 0.15) is 35.9 Å². The number of fused-ring (bicyclic) bond motifs is 1. The van der Waals surface area contributed by atoms with Crippen LogP contribution in [0.5, 0.6) is 11.5 Å². The minimum atomic E-state index is -0.456. The summed E-state index contributed by atoms with van der Waals surface area (Å²) >= 11 is 13.7. The van der Waals surface area contributed by atoms with Gasteiger partial charge in [-0.3, -0.25) is 9.59 Å². The number of anilines is 3. The molecule has 15 nitrogen and oxygen atoms in total. The number of hydrogen-bond donors (Lipinski definition) is 1. The number of benzene rings is 2. The third-order valence-corrected chi connectivity index (χ3v) is 11.2. The van der Waals surface area contributed by atoms with E-state index >= 15 is 0 Å². The van der Waals surface area contributed by atoms with Crippen molar-refractivity contribution in [2.24, 2.45) is 4.99 Å². The number of nitrogens with one attached hydrogen (secondary N) is 1. The Morgan fingerprint density at radius 2 is 1.70 bits per heavy atom. The summed E-state index contributed by atoms with van der Waals surface area (Å²) in [5.41, 5.74) is 3.85. The Morgan fingerprint density at radius 3 is 2.39 bits per heavy atom. The third kappa shape index (κ3) is 9.92. The molecule has 2 aromatic carbocycles. The van der Waals surface area contributed by atoms with Crippen molar-refractivity contribution in [3.8, 4) is 22.6 Å². The van der Waals surface area contributed by atoms with Gasteiger partial charge < -0.3 is 43.6 Å². The molecule has 0 bridgehead atoms. The third-order valence-electron chi connectivity index (χ3n) is 10.5. The Morgan fingerprint density at radius 1 is 0.984 bits per heavy atom. The van der Waals surface area contributed by atoms with Gasteiger partial charge in [0.2, 0.25) is 0 Å². The molecule has 0 amide bonds. The fraction of sp³-hybridized carbons (Fsp3) is 0.295. The van der Waals surface area contributed by atoms with Gasteiger partial charge >= 0.3 is 5.82 Å². The highest BCUT2D eigenvalue weighted by molar-refractivity contribution is 6.41. The predicted molar refractivity (Wildman–Crippen MR) is 237 cm³/mol. The number of rotatable bonds is 16. The van der Waals surface area contributed by atoms with Crippen LogP contribution in [0.2, 0.25) is 10.0 Å². The van der Waals surface area contributed by atoms with Crippen molar-refractivity contribution in [3.05, 3.63) is 132 Å². The summed E-state index contributed by atoms with van der Waals surface area (Å²) in [5.74, 6) is 1.41. The SMILES string of the molecule is COc1cc(OC)c(Cl)c(-c2cc3cnc(Nc4ccc(N5CCOCC5)cn4)cc3n(Cc3cccc(CC(=O)/C=C/C[N+](C)(C)CC4=C([N+](=O)[O-])N=CC4)c3)c2=O)c1Cl. The summed E-state index contributed by atoms with van der Waals surface area (Å²) in [7, 11) is 6.83. The molecule has 2 aliphatic heterocycles. The standard InChI is InChI=1S/C44H44Cl2N8O7/c1-54(2,27-30-12-13-47-43(30)53(57)58)16-6-9-33(55)20-28-7-5-8-29(19-28)26-52-35-22-39(50-38-11-10-32(25-49-38)51-14-17-61-18-15-51)48-24-31(35)21-34(44(52)56)40-41(45)36(59-3)23-37(60-4)42(40)46/h5-11,13,19,21-25H,12,14-18,20,26-27H2,1-4H3/p+1/b9-6+. The number of carbonyl (C=O) groups is 1. The molecule has 0 aliphatic carbocycles. The molecule has 0 spiro atoms. The monoisotopic (exact) mass is 867 g/mol. The first-order chi connectivity index (χ1) is 29.3. The smallest absolute Gasteiger partial charge is 0.368 e. The van der Waals surface area contributed by atoms with E-state index in [4.69, 9.17) is 37.4 Å². The zero-order valence-electron chi connectivity index (χ0n) is 34.2. The van der Waals surface area contributed by atoms with Crippen molar-refractivity contribution >= 4 is 63.4 Å². The van der Waals surface area contributed by atoms with Crippen LogP contribution < -0.4 is 25.2 Å². The molecular weight excluding hydrogens is 823 g/mol. The number of hydrogen-bond acceptors (Lipinski definition) is 12. The number of ketones is 1. The molecule has 2 aliphatic rings. The fourth-order valence-corrected chi connectivity index (χ4v) is 8.17. The van der Waals surface area contributed by atoms with Crippen LogP contribution in [0, 0.1) is 10.1 Å². The van der Waals surface area contributed by atoms with Crippen LogP contribution in [0.1, 0.15) is 17.5 Å². The van der Waals surface area contributed by atoms with Gasteiger partial charge in [0.25, 0.3) is 5.56 Å². The largest absolute Gasteiger partial charge is 0.495 e. The first-order valence-electron chi connectivity index (χ1n) is 19.5. The molecule has 7 rings (SSSR count). The number of aliphatic imine (C=N–C) groups is 1. The van der Waals surface area contributed by atoms with E-state index in [1.54, 1.807) is 53.5 Å². The zero-order valence-corrected chi connectivity index (χ0v) is 35.7. The number of nitro groups is 1. The van der Waals surface area contributed by atoms with Crippen LogP contribution in [0.15, 0.2) is 100 Å². The molecule has 17 heteroatoms. The normalized spacial score (nSPS) is 14.3. The first-order valence-corrected chi connectivity index (χ1v) is 20.3. The van der Waals surface area contributed by atoms with Gasteiger partial charge in [-0.25, -0.2) is 9.97 Å². The van der Waals surface area contributed by atoms with Gasteiger partial charge in [-0.05, 0) is 46.4 Å². The fourth-order valence-electron chi connectivity index (χ4n) is 7.47. The number of methoxy groups -OCH3 is 2. The summed E-state index contributed by atoms with van der Waals surface area (Å²) in [6.07, 6.45) is 8.94. The van der Waals surface area contributed by atoms with Crippen molar-refractivity contribution in [3.63, 3.8) is 0 Å². The van der Waals surface area contributed by atoms with Crippen molar-refractivity contribution in [1.82, 2.24) is 14.5 Å². The maximum absolute atomic E-state index is 14.8. The van der Waals surface area contributed by atoms with Gasteiger partial charge in [-0.1, -0.05) is 52.5 Å². The molecule has 5 aromatic rings. The summed E-state index contributed by atoms with van der Waals surface area (Å²) in [6, 6.07) is 16.4. The van der Waals surface area contributed by atoms with Crippen LogP contribution in [-0.2, 0) is 22.5 Å². The van der Waals surface area contributed by atoms with Crippen molar-refractivity contribution in [2.75, 3.05) is 77.9 Å². The van der Waals surface area contributed by atoms with Crippen LogP contribution in [0.4, 0.5) is 17.3 Å². The first kappa shape index (κ1) is 43.0. The number of likely N-dealkylation sites (N-methyl/N-ethyl adjacent to an activating group) is 1. The van der Waals surface area contributed by atoms with Gasteiger partial charge in [0.15, 0.2) is 5.78 Å². The van der Waals surface area contributed by atoms with Crippen molar-refractivity contribution in [1.29, 1.82) is 0 Å². The van der Waals surface area contributed by atoms with E-state index in [9.17, 15) is 19.7 Å². The number of carbonyl (C=O) groups excluding carboxylic acids is 1. The number of halogens is 2. The summed E-state index contributed by atoms with van der Waals surface area (Å²) < 4.78 is 18.6. The van der Waals surface area contributed by atoms with Gasteiger partial charge in [0.05, 0.1) is 93.2 Å². The second kappa shape index (κ2) is 18.6. The highest BCUT2D eigenvalue weighted by Gasteiger charge is 2.28. The Balaban J connectivity index is 1.18. The second-order valence-corrected chi connectivity index (χ2v) is 16.1. The molecule has 1 N–H and O–H groups in total. The average Bonchev–Trinajstić information content (AvgIpc) is 3.71. The second-order valence-electron chi connectivity index (χ2n) is 15.3. The summed E-state index contributed by atoms with van der Waals surface area (Å²) in [4.78, 5) is 54.3. The minimum absolute atomic E-state index is 0.0992. The Hall–Kier alpha value is -6.13. The molecule has 1 fully saturated rings. The number of aromatic nitrogens is 3. The zero-order chi connectivity index (χ0) is 43.3. The molecule has 1 saturated heterocycles. The maximum Gasteiger partial charge on any atom is 0.368 e. The predicted octanol–water partition coefficient (Wildman–Crippen LogP) is 7.12. The van der Waals surface area contributed by atoms with Crippen LogP contribution in [0.3, 0.4) is 0 Å². The van der Waals surface area contributed by atoms with E-state index in [1.807, 2.05) is 50.5 Å². The topological polar surface area (TPSA) is 163 Å². The Kier molecular flexibility index (Phi) is 13.1. The summed E-state index contributed by atoms with van der Waals surface area (Å²) in [5, 5.41) is 15.6. The number of morpholine rings is 1. The molecule has 0 unspecified atom stereocenters. The van der Waals surface area contributed by atoms with E-state index in [1.165, 1.54) is 14.2 Å². The number of ether oxygens (including phenoxy) is 3. The van der Waals surface area contributed by atoms with Crippen molar-refractivity contribution in [2.45, 2.75) is 19.4 Å². The lowest BCUT2D eigenvalue weighted by Gasteiger charge is -2.28. The number of allylic oxidation sites excluding steroid dienone is 1. The molecule has 5 heterocycles. The van der Waals surface area contributed by atoms with Crippen LogP contribution in [0.25, 0.3) is 22.0 Å². The lowest BCUT2D eigenvalue weighted by molar-refractivity contribution is -0.880. The van der Waals surface area contributed by atoms with E-state index < -0.39 is 4.92 Å². The average molecular weight is 869 g/mol. The van der Waals surface area contributed by atoms with Crippen LogP contribution in [-0.4, -0.2) is 104 Å². The molecule has 0 atom stereocenters. The quantitative estimate of drug-likeness (QED) is 0.0465.